The molecule has 0 aliphatic carbocycles. The van der Waals surface area contributed by atoms with Crippen LogP contribution in [0.5, 0.6) is 17.5 Å². The third kappa shape index (κ3) is 6.60. The predicted molar refractivity (Wildman–Crippen MR) is 203 cm³/mol. The highest BCUT2D eigenvalue weighted by molar-refractivity contribution is 6.05. The maximum absolute atomic E-state index is 17.4. The zero-order chi connectivity index (χ0) is 37.1. The third-order valence-electron chi connectivity index (χ3n) is 12.5. The van der Waals surface area contributed by atoms with E-state index in [0.29, 0.717) is 48.4 Å². The van der Waals surface area contributed by atoms with E-state index < -0.39 is 17.8 Å². The number of hydrogen-bond donors (Lipinski definition) is 3. The molecule has 6 atom stereocenters. The Morgan fingerprint density at radius 3 is 2.69 bits per heavy atom. The largest absolute Gasteiger partial charge is 0.508 e. The molecule has 3 aromatic carbocycles. The van der Waals surface area contributed by atoms with Gasteiger partial charge in [-0.3, -0.25) is 0 Å². The fourth-order valence-electron chi connectivity index (χ4n) is 9.77. The molecule has 5 aliphatic rings. The zero-order valence-electron chi connectivity index (χ0n) is 31.1. The summed E-state index contributed by atoms with van der Waals surface area (Å²) in [5.41, 5.74) is 0.713. The Morgan fingerprint density at radius 2 is 1.85 bits per heavy atom. The van der Waals surface area contributed by atoms with E-state index in [1.807, 2.05) is 25.1 Å². The van der Waals surface area contributed by atoms with E-state index in [1.54, 1.807) is 6.07 Å². The van der Waals surface area contributed by atoms with Crippen LogP contribution in [0.25, 0.3) is 32.8 Å². The van der Waals surface area contributed by atoms with Crippen molar-refractivity contribution in [3.05, 3.63) is 47.5 Å². The summed E-state index contributed by atoms with van der Waals surface area (Å²) in [5, 5.41) is 19.3. The summed E-state index contributed by atoms with van der Waals surface area (Å²) < 4.78 is 62.3. The molecule has 54 heavy (non-hydrogen) atoms. The Bertz CT molecular complexity index is 2050. The lowest BCUT2D eigenvalue weighted by Gasteiger charge is -2.40. The monoisotopic (exact) mass is 745 g/mol. The van der Waals surface area contributed by atoms with Crippen LogP contribution in [-0.4, -0.2) is 122 Å². The van der Waals surface area contributed by atoms with Crippen LogP contribution in [0.1, 0.15) is 38.2 Å². The Morgan fingerprint density at radius 1 is 1.00 bits per heavy atom. The van der Waals surface area contributed by atoms with Gasteiger partial charge in [0.1, 0.15) is 29.9 Å². The lowest BCUT2D eigenvalue weighted by atomic mass is 9.88. The zero-order valence-corrected chi connectivity index (χ0v) is 31.1. The number of anilines is 1. The summed E-state index contributed by atoms with van der Waals surface area (Å²) in [5.74, 6) is -1.30. The quantitative estimate of drug-likeness (QED) is 0.232. The molecule has 4 fully saturated rings. The highest BCUT2D eigenvalue weighted by Gasteiger charge is 2.45. The van der Waals surface area contributed by atoms with E-state index >= 15 is 13.2 Å². The van der Waals surface area contributed by atoms with Crippen molar-refractivity contribution in [3.63, 3.8) is 0 Å². The maximum Gasteiger partial charge on any atom is 0.319 e. The smallest absolute Gasteiger partial charge is 0.319 e. The second kappa shape index (κ2) is 14.6. The molecule has 2 bridgehead atoms. The minimum atomic E-state index is -1.02. The van der Waals surface area contributed by atoms with Crippen molar-refractivity contribution in [3.8, 4) is 28.6 Å². The molecule has 288 valence electrons. The first-order valence-electron chi connectivity index (χ1n) is 19.8. The van der Waals surface area contributed by atoms with Crippen LogP contribution in [0.15, 0.2) is 30.3 Å². The molecule has 13 heteroatoms. The number of rotatable bonds is 7. The van der Waals surface area contributed by atoms with Crippen LogP contribution >= 0.6 is 0 Å². The number of hydrogen-bond acceptors (Lipinski definition) is 10. The van der Waals surface area contributed by atoms with Crippen LogP contribution in [0.2, 0.25) is 0 Å². The van der Waals surface area contributed by atoms with Crippen molar-refractivity contribution in [2.24, 2.45) is 11.8 Å². The SMILES string of the molecule is CCc1cccc2cc(O)cc(-c3c(F)c4c5c(nc(OC[C@@H]6C[C@@H](F)CNC[C@@H](CN7CCN(C)CC7)C6)nc5c3F)N3CC5CCC(N5)C3CO4)c12. The number of phenolic OH excluding ortho intramolecular Hbond substituents is 1. The van der Waals surface area contributed by atoms with Gasteiger partial charge in [-0.1, -0.05) is 25.1 Å². The van der Waals surface area contributed by atoms with E-state index in [9.17, 15) is 5.11 Å². The number of benzene rings is 3. The van der Waals surface area contributed by atoms with Gasteiger partial charge < -0.3 is 39.9 Å². The number of alkyl halides is 1. The van der Waals surface area contributed by atoms with E-state index in [0.717, 1.165) is 64.1 Å². The van der Waals surface area contributed by atoms with Gasteiger partial charge in [-0.25, -0.2) is 13.2 Å². The number of aromatic hydroxyl groups is 1. The van der Waals surface area contributed by atoms with Gasteiger partial charge >= 0.3 is 6.01 Å². The summed E-state index contributed by atoms with van der Waals surface area (Å²) in [6, 6.07) is 8.79. The fourth-order valence-corrected chi connectivity index (χ4v) is 9.77. The van der Waals surface area contributed by atoms with Crippen LogP contribution < -0.4 is 25.0 Å². The second-order valence-corrected chi connectivity index (χ2v) is 16.2. The molecule has 1 aromatic heterocycles. The molecule has 4 saturated heterocycles. The topological polar surface area (TPSA) is 98.3 Å². The first-order chi connectivity index (χ1) is 26.2. The van der Waals surface area contributed by atoms with Gasteiger partial charge in [0.2, 0.25) is 0 Å². The highest BCUT2D eigenvalue weighted by atomic mass is 19.1. The Balaban J connectivity index is 1.12. The third-order valence-corrected chi connectivity index (χ3v) is 12.5. The number of phenols is 1. The molecule has 6 heterocycles. The molecule has 0 amide bonds. The number of nitrogens with one attached hydrogen (secondary N) is 2. The Hall–Kier alpha value is -3.91. The van der Waals surface area contributed by atoms with Gasteiger partial charge in [0.05, 0.1) is 23.6 Å². The summed E-state index contributed by atoms with van der Waals surface area (Å²) in [4.78, 5) is 16.5. The lowest BCUT2D eigenvalue weighted by molar-refractivity contribution is 0.104. The predicted octanol–water partition coefficient (Wildman–Crippen LogP) is 5.28. The highest BCUT2D eigenvalue weighted by Crippen LogP contribution is 2.48. The summed E-state index contributed by atoms with van der Waals surface area (Å²) >= 11 is 0. The number of fused-ring (bicyclic) bond motifs is 6. The number of nitrogens with zero attached hydrogens (tertiary/aromatic N) is 5. The summed E-state index contributed by atoms with van der Waals surface area (Å²) in [6.45, 7) is 9.01. The number of piperazine rings is 2. The molecule has 3 unspecified atom stereocenters. The minimum Gasteiger partial charge on any atom is -0.508 e. The van der Waals surface area contributed by atoms with Gasteiger partial charge in [0, 0.05) is 57.9 Å². The van der Waals surface area contributed by atoms with E-state index in [4.69, 9.17) is 14.5 Å². The second-order valence-electron chi connectivity index (χ2n) is 16.2. The summed E-state index contributed by atoms with van der Waals surface area (Å²) in [6.07, 6.45) is 2.65. The van der Waals surface area contributed by atoms with E-state index in [-0.39, 0.29) is 76.8 Å². The average molecular weight is 746 g/mol. The van der Waals surface area contributed by atoms with Gasteiger partial charge in [0.15, 0.2) is 17.4 Å². The molecular weight excluding hydrogens is 695 g/mol. The van der Waals surface area contributed by atoms with Gasteiger partial charge in [-0.15, -0.1) is 0 Å². The molecule has 4 aromatic rings. The molecule has 10 nitrogen and oxygen atoms in total. The number of aryl methyl sites for hydroxylation is 1. The van der Waals surface area contributed by atoms with Crippen LogP contribution in [-0.2, 0) is 6.42 Å². The lowest BCUT2D eigenvalue weighted by Crippen LogP contribution is -2.60. The molecular formula is C41H50F3N7O3. The molecule has 0 radical (unpaired) electrons. The fraction of sp³-hybridized carbons (Fsp3) is 0.561. The van der Waals surface area contributed by atoms with Gasteiger partial charge in [-0.05, 0) is 91.6 Å². The number of ether oxygens (including phenoxy) is 2. The average Bonchev–Trinajstić information content (AvgIpc) is 3.46. The Labute approximate surface area is 314 Å². The van der Waals surface area contributed by atoms with Crippen molar-refractivity contribution in [1.29, 1.82) is 0 Å². The first kappa shape index (κ1) is 35.8. The molecule has 5 aliphatic heterocycles. The summed E-state index contributed by atoms with van der Waals surface area (Å²) in [7, 11) is 2.15. The molecule has 9 rings (SSSR count). The van der Waals surface area contributed by atoms with Crippen LogP contribution in [0, 0.1) is 23.5 Å². The molecule has 0 saturated carbocycles. The van der Waals surface area contributed by atoms with Crippen molar-refractivity contribution in [2.75, 3.05) is 77.5 Å². The normalized spacial score (nSPS) is 27.7. The van der Waals surface area contributed by atoms with Crippen LogP contribution in [0.3, 0.4) is 0 Å². The van der Waals surface area contributed by atoms with Crippen molar-refractivity contribution in [2.45, 2.75) is 63.3 Å². The van der Waals surface area contributed by atoms with Crippen molar-refractivity contribution >= 4 is 27.5 Å². The number of aromatic nitrogens is 2. The van der Waals surface area contributed by atoms with Crippen LogP contribution in [0.4, 0.5) is 19.0 Å². The molecule has 0 spiro atoms. The molecule has 3 N–H and O–H groups in total. The van der Waals surface area contributed by atoms with E-state index in [2.05, 4.69) is 37.4 Å². The van der Waals surface area contributed by atoms with Crippen molar-refractivity contribution in [1.82, 2.24) is 30.4 Å². The number of likely N-dealkylation sites (N-methyl/N-ethyl adjacent to an activating group) is 1. The standard InChI is InChI=1S/C41H50F3N7O3/c1-3-25-5-4-6-26-15-29(52)16-30(33(25)26)34-36(43)38-35-39(37(34)44)53-22-32-31-8-7-28(46-31)20-51(32)40(35)48-41(47-38)54-21-23-13-24(17-45-18-27(42)14-23)19-50-11-9-49(2)10-12-50/h4-6,15-16,23-24,27-28,31-32,45-46,52H,3,7-14,17-22H2,1-2H3/t23-,24-,27+,28?,31?,32?/m0/s1. The van der Waals surface area contributed by atoms with E-state index in [1.165, 1.54) is 6.07 Å². The van der Waals surface area contributed by atoms with Gasteiger partial charge in [-0.2, -0.15) is 9.97 Å². The first-order valence-corrected chi connectivity index (χ1v) is 19.8. The number of halogens is 3. The minimum absolute atomic E-state index is 0.0207. The Kier molecular flexibility index (Phi) is 9.69. The maximum atomic E-state index is 17.4. The van der Waals surface area contributed by atoms with Crippen molar-refractivity contribution < 1.29 is 27.8 Å². The van der Waals surface area contributed by atoms with Gasteiger partial charge in [0.25, 0.3) is 0 Å².